The highest BCUT2D eigenvalue weighted by atomic mass is 16.4. The molecule has 2 rings (SSSR count). The Morgan fingerprint density at radius 1 is 1.18 bits per heavy atom. The first-order valence-corrected chi connectivity index (χ1v) is 6.50. The standard InChI is InChI=1S/C15H20O2/c16-14(17)15(10-4-5-11-15)12-6-9-13-7-2-1-3-8-13/h1-3,7-8H,4-6,9-12H2,(H,16,17). The van der Waals surface area contributed by atoms with E-state index in [1.165, 1.54) is 5.56 Å². The first kappa shape index (κ1) is 12.2. The van der Waals surface area contributed by atoms with Crippen LogP contribution in [0.2, 0.25) is 0 Å². The van der Waals surface area contributed by atoms with Crippen molar-refractivity contribution in [2.24, 2.45) is 5.41 Å². The van der Waals surface area contributed by atoms with Gasteiger partial charge in [0, 0.05) is 0 Å². The van der Waals surface area contributed by atoms with Crippen molar-refractivity contribution >= 4 is 5.97 Å². The second kappa shape index (κ2) is 5.35. The number of carboxylic acid groups (broad SMARTS) is 1. The maximum Gasteiger partial charge on any atom is 0.309 e. The Labute approximate surface area is 103 Å². The number of carboxylic acids is 1. The van der Waals surface area contributed by atoms with Gasteiger partial charge in [-0.1, -0.05) is 43.2 Å². The lowest BCUT2D eigenvalue weighted by Crippen LogP contribution is -2.27. The summed E-state index contributed by atoms with van der Waals surface area (Å²) in [5, 5.41) is 9.36. The molecule has 2 heteroatoms. The zero-order valence-corrected chi connectivity index (χ0v) is 10.2. The first-order chi connectivity index (χ1) is 8.23. The molecule has 2 nitrogen and oxygen atoms in total. The monoisotopic (exact) mass is 232 g/mol. The van der Waals surface area contributed by atoms with E-state index in [4.69, 9.17) is 0 Å². The molecule has 1 N–H and O–H groups in total. The average Bonchev–Trinajstić information content (AvgIpc) is 2.80. The molecule has 1 aromatic rings. The van der Waals surface area contributed by atoms with E-state index in [-0.39, 0.29) is 0 Å². The molecule has 0 atom stereocenters. The lowest BCUT2D eigenvalue weighted by Gasteiger charge is -2.23. The van der Waals surface area contributed by atoms with E-state index in [2.05, 4.69) is 12.1 Å². The fourth-order valence-corrected chi connectivity index (χ4v) is 2.90. The molecule has 1 fully saturated rings. The first-order valence-electron chi connectivity index (χ1n) is 6.50. The minimum absolute atomic E-state index is 0.408. The lowest BCUT2D eigenvalue weighted by atomic mass is 9.81. The minimum atomic E-state index is -0.580. The smallest absolute Gasteiger partial charge is 0.309 e. The molecule has 0 spiro atoms. The quantitative estimate of drug-likeness (QED) is 0.841. The van der Waals surface area contributed by atoms with Crippen molar-refractivity contribution in [2.45, 2.75) is 44.9 Å². The normalized spacial score (nSPS) is 18.1. The highest BCUT2D eigenvalue weighted by molar-refractivity contribution is 5.74. The Bertz CT molecular complexity index is 364. The molecular formula is C15H20O2. The lowest BCUT2D eigenvalue weighted by molar-refractivity contribution is -0.149. The van der Waals surface area contributed by atoms with E-state index in [1.807, 2.05) is 18.2 Å². The largest absolute Gasteiger partial charge is 0.481 e. The van der Waals surface area contributed by atoms with Crippen molar-refractivity contribution in [2.75, 3.05) is 0 Å². The molecule has 1 aliphatic rings. The fourth-order valence-electron chi connectivity index (χ4n) is 2.90. The Balaban J connectivity index is 1.87. The summed E-state index contributed by atoms with van der Waals surface area (Å²) < 4.78 is 0. The van der Waals surface area contributed by atoms with Crippen molar-refractivity contribution < 1.29 is 9.90 Å². The Morgan fingerprint density at radius 3 is 2.41 bits per heavy atom. The van der Waals surface area contributed by atoms with E-state index in [9.17, 15) is 9.90 Å². The summed E-state index contributed by atoms with van der Waals surface area (Å²) in [6.45, 7) is 0. The third-order valence-corrected chi connectivity index (χ3v) is 3.98. The molecule has 0 aliphatic heterocycles. The third-order valence-electron chi connectivity index (χ3n) is 3.98. The second-order valence-corrected chi connectivity index (χ2v) is 5.13. The molecule has 1 aromatic carbocycles. The molecule has 17 heavy (non-hydrogen) atoms. The summed E-state index contributed by atoms with van der Waals surface area (Å²) in [6.07, 6.45) is 6.72. The second-order valence-electron chi connectivity index (χ2n) is 5.13. The molecule has 0 saturated heterocycles. The van der Waals surface area contributed by atoms with E-state index >= 15 is 0 Å². The van der Waals surface area contributed by atoms with Crippen LogP contribution in [-0.2, 0) is 11.2 Å². The molecule has 0 amide bonds. The number of aliphatic carboxylic acids is 1. The van der Waals surface area contributed by atoms with Crippen LogP contribution >= 0.6 is 0 Å². The Morgan fingerprint density at radius 2 is 1.82 bits per heavy atom. The molecule has 0 bridgehead atoms. The van der Waals surface area contributed by atoms with Crippen LogP contribution in [0.4, 0.5) is 0 Å². The van der Waals surface area contributed by atoms with Crippen LogP contribution in [0.1, 0.15) is 44.1 Å². The van der Waals surface area contributed by atoms with Gasteiger partial charge in [-0.15, -0.1) is 0 Å². The van der Waals surface area contributed by atoms with Gasteiger partial charge in [-0.2, -0.15) is 0 Å². The summed E-state index contributed by atoms with van der Waals surface area (Å²) in [5.74, 6) is -0.580. The predicted molar refractivity (Wildman–Crippen MR) is 67.9 cm³/mol. The van der Waals surface area contributed by atoms with Crippen LogP contribution in [0.5, 0.6) is 0 Å². The summed E-state index contributed by atoms with van der Waals surface area (Å²) in [7, 11) is 0. The number of hydrogen-bond donors (Lipinski definition) is 1. The van der Waals surface area contributed by atoms with Crippen LogP contribution in [0, 0.1) is 5.41 Å². The maximum atomic E-state index is 11.4. The number of hydrogen-bond acceptors (Lipinski definition) is 1. The van der Waals surface area contributed by atoms with Crippen LogP contribution in [0.25, 0.3) is 0 Å². The molecule has 1 aliphatic carbocycles. The van der Waals surface area contributed by atoms with Gasteiger partial charge in [0.2, 0.25) is 0 Å². The van der Waals surface area contributed by atoms with Gasteiger partial charge < -0.3 is 5.11 Å². The highest BCUT2D eigenvalue weighted by Gasteiger charge is 2.40. The van der Waals surface area contributed by atoms with E-state index < -0.39 is 11.4 Å². The SMILES string of the molecule is O=C(O)C1(CCCc2ccccc2)CCCC1. The highest BCUT2D eigenvalue weighted by Crippen LogP contribution is 2.42. The van der Waals surface area contributed by atoms with Gasteiger partial charge in [0.25, 0.3) is 0 Å². The molecule has 0 unspecified atom stereocenters. The zero-order chi connectivity index (χ0) is 12.1. The maximum absolute atomic E-state index is 11.4. The molecular weight excluding hydrogens is 212 g/mol. The van der Waals surface area contributed by atoms with E-state index in [0.29, 0.717) is 0 Å². The van der Waals surface area contributed by atoms with Crippen LogP contribution in [0.15, 0.2) is 30.3 Å². The third kappa shape index (κ3) is 2.87. The van der Waals surface area contributed by atoms with Crippen LogP contribution in [-0.4, -0.2) is 11.1 Å². The number of aryl methyl sites for hydroxylation is 1. The summed E-state index contributed by atoms with van der Waals surface area (Å²) in [5.41, 5.74) is 0.903. The van der Waals surface area contributed by atoms with Gasteiger partial charge >= 0.3 is 5.97 Å². The number of rotatable bonds is 5. The average molecular weight is 232 g/mol. The van der Waals surface area contributed by atoms with Crippen LogP contribution in [0.3, 0.4) is 0 Å². The minimum Gasteiger partial charge on any atom is -0.481 e. The van der Waals surface area contributed by atoms with Crippen LogP contribution < -0.4 is 0 Å². The Hall–Kier alpha value is -1.31. The summed E-state index contributed by atoms with van der Waals surface area (Å²) in [6, 6.07) is 10.3. The molecule has 92 valence electrons. The van der Waals surface area contributed by atoms with E-state index in [1.54, 1.807) is 0 Å². The molecule has 0 heterocycles. The van der Waals surface area contributed by atoms with Gasteiger partial charge in [0.15, 0.2) is 0 Å². The fraction of sp³-hybridized carbons (Fsp3) is 0.533. The van der Waals surface area contributed by atoms with Crippen molar-refractivity contribution in [3.8, 4) is 0 Å². The number of carbonyl (C=O) groups is 1. The number of benzene rings is 1. The summed E-state index contributed by atoms with van der Waals surface area (Å²) >= 11 is 0. The van der Waals surface area contributed by atoms with Gasteiger partial charge in [0.05, 0.1) is 5.41 Å². The molecule has 1 saturated carbocycles. The Kier molecular flexibility index (Phi) is 3.82. The van der Waals surface area contributed by atoms with Gasteiger partial charge in [-0.3, -0.25) is 4.79 Å². The van der Waals surface area contributed by atoms with Gasteiger partial charge in [0.1, 0.15) is 0 Å². The van der Waals surface area contributed by atoms with Crippen molar-refractivity contribution in [3.63, 3.8) is 0 Å². The van der Waals surface area contributed by atoms with Crippen molar-refractivity contribution in [1.82, 2.24) is 0 Å². The predicted octanol–water partition coefficient (Wildman–Crippen LogP) is 3.65. The summed E-state index contributed by atoms with van der Waals surface area (Å²) in [4.78, 5) is 11.4. The van der Waals surface area contributed by atoms with E-state index in [0.717, 1.165) is 44.9 Å². The van der Waals surface area contributed by atoms with Crippen molar-refractivity contribution in [1.29, 1.82) is 0 Å². The van der Waals surface area contributed by atoms with Gasteiger partial charge in [-0.25, -0.2) is 0 Å². The topological polar surface area (TPSA) is 37.3 Å². The van der Waals surface area contributed by atoms with Gasteiger partial charge in [-0.05, 0) is 37.7 Å². The van der Waals surface area contributed by atoms with Crippen molar-refractivity contribution in [3.05, 3.63) is 35.9 Å². The zero-order valence-electron chi connectivity index (χ0n) is 10.2. The molecule has 0 aromatic heterocycles. The molecule has 0 radical (unpaired) electrons.